The summed E-state index contributed by atoms with van der Waals surface area (Å²) >= 11 is 5.66. The van der Waals surface area contributed by atoms with Gasteiger partial charge in [-0.1, -0.05) is 18.5 Å². The molecule has 0 radical (unpaired) electrons. The number of rotatable bonds is 3. The minimum absolute atomic E-state index is 0.0590. The van der Waals surface area contributed by atoms with Gasteiger partial charge in [-0.25, -0.2) is 4.39 Å². The van der Waals surface area contributed by atoms with E-state index < -0.39 is 11.7 Å². The Labute approximate surface area is 109 Å². The van der Waals surface area contributed by atoms with Gasteiger partial charge in [0.05, 0.1) is 5.56 Å². The van der Waals surface area contributed by atoms with E-state index in [0.717, 1.165) is 11.6 Å². The van der Waals surface area contributed by atoms with E-state index in [0.29, 0.717) is 0 Å². The number of hydrogen-bond donors (Lipinski definition) is 0. The van der Waals surface area contributed by atoms with Crippen LogP contribution in [0.4, 0.5) is 4.39 Å². The fourth-order valence-corrected chi connectivity index (χ4v) is 1.88. The summed E-state index contributed by atoms with van der Waals surface area (Å²) in [5.41, 5.74) is 0.869. The van der Waals surface area contributed by atoms with Crippen LogP contribution in [0.3, 0.4) is 0 Å². The van der Waals surface area contributed by atoms with Crippen molar-refractivity contribution in [3.63, 3.8) is 0 Å². The maximum absolute atomic E-state index is 13.7. The molecule has 0 fully saturated rings. The average molecular weight is 264 g/mol. The summed E-state index contributed by atoms with van der Waals surface area (Å²) in [7, 11) is 0. The van der Waals surface area contributed by atoms with Crippen molar-refractivity contribution < 1.29 is 9.18 Å². The molecule has 0 aliphatic carbocycles. The molecule has 0 N–H and O–H groups in total. The number of carbonyl (C=O) groups excluding carboxylic acids is 1. The topological polar surface area (TPSA) is 30.0 Å². The first-order valence-electron chi connectivity index (χ1n) is 5.49. The normalized spacial score (nSPS) is 12.2. The van der Waals surface area contributed by atoms with Crippen LogP contribution in [0, 0.1) is 5.82 Å². The lowest BCUT2D eigenvalue weighted by atomic mass is 9.93. The van der Waals surface area contributed by atoms with Gasteiger partial charge in [0, 0.05) is 23.3 Å². The quantitative estimate of drug-likeness (QED) is 0.787. The monoisotopic (exact) mass is 263 g/mol. The number of hydrogen-bond acceptors (Lipinski definition) is 2. The van der Waals surface area contributed by atoms with Gasteiger partial charge in [-0.2, -0.15) is 0 Å². The Morgan fingerprint density at radius 3 is 2.56 bits per heavy atom. The standard InChI is InChI=1S/C14H11ClFNO/c1-9(10-4-6-17-7-5-10)14(18)12-3-2-11(15)8-13(12)16/h2-9H,1H3. The van der Waals surface area contributed by atoms with Crippen molar-refractivity contribution in [3.05, 3.63) is 64.7 Å². The zero-order valence-corrected chi connectivity index (χ0v) is 10.5. The molecule has 4 heteroatoms. The van der Waals surface area contributed by atoms with Crippen LogP contribution in [0.25, 0.3) is 0 Å². The molecule has 0 saturated carbocycles. The molecule has 1 heterocycles. The van der Waals surface area contributed by atoms with Crippen molar-refractivity contribution in [2.75, 3.05) is 0 Å². The van der Waals surface area contributed by atoms with Crippen LogP contribution >= 0.6 is 11.6 Å². The third kappa shape index (κ3) is 2.57. The molecule has 1 unspecified atom stereocenters. The second-order valence-corrected chi connectivity index (χ2v) is 4.43. The maximum Gasteiger partial charge on any atom is 0.172 e. The molecule has 0 spiro atoms. The second-order valence-electron chi connectivity index (χ2n) is 3.99. The van der Waals surface area contributed by atoms with Crippen LogP contribution in [0.5, 0.6) is 0 Å². The average Bonchev–Trinajstić information content (AvgIpc) is 2.38. The first kappa shape index (κ1) is 12.7. The van der Waals surface area contributed by atoms with E-state index in [2.05, 4.69) is 4.98 Å². The van der Waals surface area contributed by atoms with E-state index in [9.17, 15) is 9.18 Å². The van der Waals surface area contributed by atoms with E-state index in [1.807, 2.05) is 0 Å². The van der Waals surface area contributed by atoms with Crippen molar-refractivity contribution in [2.45, 2.75) is 12.8 Å². The fourth-order valence-electron chi connectivity index (χ4n) is 1.73. The van der Waals surface area contributed by atoms with Gasteiger partial charge < -0.3 is 0 Å². The van der Waals surface area contributed by atoms with Crippen LogP contribution < -0.4 is 0 Å². The lowest BCUT2D eigenvalue weighted by molar-refractivity contribution is 0.0962. The van der Waals surface area contributed by atoms with Gasteiger partial charge in [-0.3, -0.25) is 9.78 Å². The molecule has 18 heavy (non-hydrogen) atoms. The number of aromatic nitrogens is 1. The Balaban J connectivity index is 2.32. The SMILES string of the molecule is CC(C(=O)c1ccc(Cl)cc1F)c1ccncc1. The number of nitrogens with zero attached hydrogens (tertiary/aromatic N) is 1. The number of ketones is 1. The third-order valence-corrected chi connectivity index (χ3v) is 3.03. The zero-order chi connectivity index (χ0) is 13.1. The molecular formula is C14H11ClFNO. The summed E-state index contributed by atoms with van der Waals surface area (Å²) < 4.78 is 13.7. The molecule has 1 aromatic heterocycles. The van der Waals surface area contributed by atoms with Crippen molar-refractivity contribution in [1.82, 2.24) is 4.98 Å². The molecule has 0 bridgehead atoms. The van der Waals surface area contributed by atoms with Gasteiger partial charge in [-0.05, 0) is 35.9 Å². The van der Waals surface area contributed by atoms with E-state index >= 15 is 0 Å². The lowest BCUT2D eigenvalue weighted by Gasteiger charge is -2.11. The molecule has 0 amide bonds. The summed E-state index contributed by atoms with van der Waals surface area (Å²) in [5.74, 6) is -1.27. The van der Waals surface area contributed by atoms with Crippen molar-refractivity contribution >= 4 is 17.4 Å². The highest BCUT2D eigenvalue weighted by Gasteiger charge is 2.20. The highest BCUT2D eigenvalue weighted by molar-refractivity contribution is 6.30. The summed E-state index contributed by atoms with van der Waals surface area (Å²) in [6.45, 7) is 1.74. The van der Waals surface area contributed by atoms with Crippen LogP contribution in [-0.4, -0.2) is 10.8 Å². The molecule has 2 aromatic rings. The first-order valence-corrected chi connectivity index (χ1v) is 5.86. The maximum atomic E-state index is 13.7. The number of carbonyl (C=O) groups is 1. The van der Waals surface area contributed by atoms with Crippen molar-refractivity contribution in [1.29, 1.82) is 0 Å². The fraction of sp³-hybridized carbons (Fsp3) is 0.143. The van der Waals surface area contributed by atoms with Gasteiger partial charge in [0.25, 0.3) is 0 Å². The summed E-state index contributed by atoms with van der Waals surface area (Å²) in [5, 5.41) is 0.278. The van der Waals surface area contributed by atoms with Gasteiger partial charge in [0.2, 0.25) is 0 Å². The Kier molecular flexibility index (Phi) is 3.72. The molecule has 92 valence electrons. The van der Waals surface area contributed by atoms with Gasteiger partial charge in [-0.15, -0.1) is 0 Å². The number of halogens is 2. The number of Topliss-reactive ketones (excluding diaryl/α,β-unsaturated/α-hetero) is 1. The Morgan fingerprint density at radius 1 is 1.28 bits per heavy atom. The molecule has 2 rings (SSSR count). The second kappa shape index (κ2) is 5.27. The highest BCUT2D eigenvalue weighted by Crippen LogP contribution is 2.23. The zero-order valence-electron chi connectivity index (χ0n) is 9.73. The van der Waals surface area contributed by atoms with Crippen LogP contribution in [-0.2, 0) is 0 Å². The summed E-state index contributed by atoms with van der Waals surface area (Å²) in [6, 6.07) is 7.57. The first-order chi connectivity index (χ1) is 8.59. The predicted molar refractivity (Wildman–Crippen MR) is 68.4 cm³/mol. The molecular weight excluding hydrogens is 253 g/mol. The predicted octanol–water partition coefficient (Wildman–Crippen LogP) is 3.86. The van der Waals surface area contributed by atoms with E-state index in [1.165, 1.54) is 12.1 Å². The Bertz CT molecular complexity index is 571. The lowest BCUT2D eigenvalue weighted by Crippen LogP contribution is -2.11. The van der Waals surface area contributed by atoms with Crippen molar-refractivity contribution in [3.8, 4) is 0 Å². The van der Waals surface area contributed by atoms with E-state index in [1.54, 1.807) is 31.5 Å². The molecule has 1 aromatic carbocycles. The van der Waals surface area contributed by atoms with E-state index in [4.69, 9.17) is 11.6 Å². The Morgan fingerprint density at radius 2 is 1.94 bits per heavy atom. The third-order valence-electron chi connectivity index (χ3n) is 2.80. The highest BCUT2D eigenvalue weighted by atomic mass is 35.5. The minimum atomic E-state index is -0.589. The number of benzene rings is 1. The minimum Gasteiger partial charge on any atom is -0.293 e. The molecule has 2 nitrogen and oxygen atoms in total. The van der Waals surface area contributed by atoms with Crippen LogP contribution in [0.15, 0.2) is 42.7 Å². The molecule has 1 atom stereocenters. The largest absolute Gasteiger partial charge is 0.293 e. The number of pyridine rings is 1. The van der Waals surface area contributed by atoms with Gasteiger partial charge in [0.15, 0.2) is 5.78 Å². The van der Waals surface area contributed by atoms with Crippen LogP contribution in [0.1, 0.15) is 28.8 Å². The van der Waals surface area contributed by atoms with Crippen molar-refractivity contribution in [2.24, 2.45) is 0 Å². The van der Waals surface area contributed by atoms with E-state index in [-0.39, 0.29) is 16.4 Å². The van der Waals surface area contributed by atoms with Crippen LogP contribution in [0.2, 0.25) is 5.02 Å². The smallest absolute Gasteiger partial charge is 0.172 e. The van der Waals surface area contributed by atoms with Gasteiger partial charge >= 0.3 is 0 Å². The summed E-state index contributed by atoms with van der Waals surface area (Å²) in [4.78, 5) is 16.1. The Hall–Kier alpha value is -1.74. The molecule has 0 aliphatic heterocycles. The summed E-state index contributed by atoms with van der Waals surface area (Å²) in [6.07, 6.45) is 3.22. The van der Waals surface area contributed by atoms with Gasteiger partial charge in [0.1, 0.15) is 5.82 Å². The molecule has 0 aliphatic rings. The molecule has 0 saturated heterocycles.